The third kappa shape index (κ3) is 3.78. The van der Waals surface area contributed by atoms with E-state index in [1.165, 1.54) is 0 Å². The number of fused-ring (bicyclic) bond motifs is 3. The van der Waals surface area contributed by atoms with Crippen molar-refractivity contribution in [3.8, 4) is 11.1 Å². The van der Waals surface area contributed by atoms with E-state index in [4.69, 9.17) is 27.9 Å². The number of ether oxygens (including phenoxy) is 1. The zero-order valence-corrected chi connectivity index (χ0v) is 17.9. The lowest BCUT2D eigenvalue weighted by Crippen LogP contribution is -2.40. The van der Waals surface area contributed by atoms with Gasteiger partial charge in [-0.1, -0.05) is 29.3 Å². The molecule has 1 aliphatic rings. The van der Waals surface area contributed by atoms with E-state index in [1.54, 1.807) is 17.2 Å². The van der Waals surface area contributed by atoms with Crippen molar-refractivity contribution in [2.75, 3.05) is 26.3 Å². The van der Waals surface area contributed by atoms with Gasteiger partial charge in [-0.15, -0.1) is 0 Å². The zero-order chi connectivity index (χ0) is 21.3. The third-order valence-electron chi connectivity index (χ3n) is 5.13. The number of hydrogen-bond acceptors (Lipinski definition) is 4. The van der Waals surface area contributed by atoms with Crippen LogP contribution in [0.2, 0.25) is 10.0 Å². The van der Waals surface area contributed by atoms with E-state index in [0.29, 0.717) is 36.2 Å². The van der Waals surface area contributed by atoms with Gasteiger partial charge in [-0.05, 0) is 13.0 Å². The normalized spacial score (nSPS) is 13.5. The molecule has 0 radical (unpaired) electrons. The maximum atomic E-state index is 12.7. The van der Waals surface area contributed by atoms with E-state index in [-0.39, 0.29) is 25.0 Å². The van der Waals surface area contributed by atoms with Crippen LogP contribution in [0.15, 0.2) is 24.5 Å². The van der Waals surface area contributed by atoms with Crippen LogP contribution >= 0.6 is 23.2 Å². The van der Waals surface area contributed by atoms with Crippen molar-refractivity contribution >= 4 is 45.9 Å². The summed E-state index contributed by atoms with van der Waals surface area (Å²) in [6, 6.07) is 3.72. The Balaban J connectivity index is 1.62. The summed E-state index contributed by atoms with van der Waals surface area (Å²) in [7, 11) is 0. The molecule has 0 atom stereocenters. The Labute approximate surface area is 183 Å². The summed E-state index contributed by atoms with van der Waals surface area (Å²) in [5.74, 6) is -0.407. The van der Waals surface area contributed by atoms with Crippen LogP contribution in [0.25, 0.3) is 22.0 Å². The van der Waals surface area contributed by atoms with E-state index in [2.05, 4.69) is 20.1 Å². The number of rotatable bonds is 6. The summed E-state index contributed by atoms with van der Waals surface area (Å²) >= 11 is 12.8. The van der Waals surface area contributed by atoms with Crippen LogP contribution in [0.3, 0.4) is 0 Å². The van der Waals surface area contributed by atoms with Gasteiger partial charge >= 0.3 is 0 Å². The van der Waals surface area contributed by atoms with E-state index in [9.17, 15) is 9.59 Å². The van der Waals surface area contributed by atoms with E-state index >= 15 is 0 Å². The molecule has 158 valence electrons. The molecule has 0 aliphatic carbocycles. The minimum absolute atomic E-state index is 0.137. The molecule has 1 aliphatic heterocycles. The van der Waals surface area contributed by atoms with Crippen molar-refractivity contribution in [2.24, 2.45) is 0 Å². The van der Waals surface area contributed by atoms with Gasteiger partial charge in [-0.2, -0.15) is 5.10 Å². The molecule has 2 amide bonds. The highest BCUT2D eigenvalue weighted by Gasteiger charge is 2.28. The lowest BCUT2D eigenvalue weighted by molar-refractivity contribution is -0.139. The minimum Gasteiger partial charge on any atom is -0.362 e. The number of amides is 2. The smallest absolute Gasteiger partial charge is 0.249 e. The van der Waals surface area contributed by atoms with Crippen LogP contribution < -0.4 is 5.32 Å². The fourth-order valence-electron chi connectivity index (χ4n) is 3.82. The Hall–Kier alpha value is -2.55. The number of H-pyrrole nitrogens is 1. The molecule has 0 fully saturated rings. The molecule has 8 nitrogen and oxygen atoms in total. The Morgan fingerprint density at radius 3 is 2.83 bits per heavy atom. The Bertz CT molecular complexity index is 1090. The summed E-state index contributed by atoms with van der Waals surface area (Å²) in [6.07, 6.45) is 3.56. The monoisotopic (exact) mass is 449 g/mol. The summed E-state index contributed by atoms with van der Waals surface area (Å²) in [5.41, 5.74) is 3.70. The van der Waals surface area contributed by atoms with Crippen molar-refractivity contribution < 1.29 is 14.3 Å². The zero-order valence-electron chi connectivity index (χ0n) is 16.4. The van der Waals surface area contributed by atoms with Crippen molar-refractivity contribution in [2.45, 2.75) is 20.0 Å². The number of carbonyl (C=O) groups is 2. The van der Waals surface area contributed by atoms with Gasteiger partial charge in [0.2, 0.25) is 11.8 Å². The Morgan fingerprint density at radius 1 is 1.27 bits per heavy atom. The topological polar surface area (TPSA) is 92.2 Å². The molecule has 0 unspecified atom stereocenters. The standard InChI is InChI=1S/C20H21Cl2N5O3/c1-2-23-16(28)10-30-11-17(29)26-5-6-27-15(9-26)18(12-7-24-25-8-12)13-3-4-14(21)19(22)20(13)27/h3-4,7-8H,2,5-6,9-11H2,1H3,(H,23,28)(H,24,25). The van der Waals surface area contributed by atoms with Gasteiger partial charge in [0, 0.05) is 48.0 Å². The third-order valence-corrected chi connectivity index (χ3v) is 5.92. The van der Waals surface area contributed by atoms with Crippen LogP contribution in [0, 0.1) is 0 Å². The van der Waals surface area contributed by atoms with Crippen LogP contribution in [0.4, 0.5) is 0 Å². The second-order valence-electron chi connectivity index (χ2n) is 6.98. The molecule has 0 bridgehead atoms. The number of halogens is 2. The van der Waals surface area contributed by atoms with Crippen LogP contribution in [-0.2, 0) is 27.4 Å². The van der Waals surface area contributed by atoms with E-state index in [0.717, 1.165) is 27.7 Å². The van der Waals surface area contributed by atoms with Gasteiger partial charge in [0.15, 0.2) is 0 Å². The predicted molar refractivity (Wildman–Crippen MR) is 114 cm³/mol. The maximum absolute atomic E-state index is 12.7. The maximum Gasteiger partial charge on any atom is 0.249 e. The molecular formula is C20H21Cl2N5O3. The first-order valence-corrected chi connectivity index (χ1v) is 10.4. The lowest BCUT2D eigenvalue weighted by atomic mass is 10.0. The van der Waals surface area contributed by atoms with E-state index in [1.807, 2.05) is 19.2 Å². The van der Waals surface area contributed by atoms with Crippen molar-refractivity contribution in [3.05, 3.63) is 40.3 Å². The number of nitrogens with zero attached hydrogens (tertiary/aromatic N) is 3. The highest BCUT2D eigenvalue weighted by Crippen LogP contribution is 2.42. The SMILES string of the molecule is CCNC(=O)COCC(=O)N1CCn2c(c(-c3cn[nH]c3)c3ccc(Cl)c(Cl)c32)C1. The lowest BCUT2D eigenvalue weighted by Gasteiger charge is -2.29. The second kappa shape index (κ2) is 8.67. The number of carbonyl (C=O) groups excluding carboxylic acids is 2. The van der Waals surface area contributed by atoms with E-state index < -0.39 is 0 Å². The molecule has 10 heteroatoms. The first-order valence-electron chi connectivity index (χ1n) is 9.61. The van der Waals surface area contributed by atoms with Crippen LogP contribution in [-0.4, -0.2) is 57.8 Å². The average Bonchev–Trinajstić information content (AvgIpc) is 3.36. The van der Waals surface area contributed by atoms with Crippen LogP contribution in [0.5, 0.6) is 0 Å². The molecule has 4 rings (SSSR count). The van der Waals surface area contributed by atoms with Gasteiger partial charge in [0.25, 0.3) is 0 Å². The summed E-state index contributed by atoms with van der Waals surface area (Å²) in [6.45, 7) is 3.54. The number of aromatic amines is 1. The van der Waals surface area contributed by atoms with Crippen molar-refractivity contribution in [1.82, 2.24) is 25.0 Å². The molecule has 3 aromatic rings. The Kier molecular flexibility index (Phi) is 5.99. The molecule has 30 heavy (non-hydrogen) atoms. The van der Waals surface area contributed by atoms with Gasteiger partial charge < -0.3 is 19.5 Å². The molecule has 1 aromatic carbocycles. The fraction of sp³-hybridized carbons (Fsp3) is 0.350. The minimum atomic E-state index is -0.238. The quantitative estimate of drug-likeness (QED) is 0.604. The number of aromatic nitrogens is 3. The van der Waals surface area contributed by atoms with Gasteiger partial charge in [-0.3, -0.25) is 14.7 Å². The molecule has 2 N–H and O–H groups in total. The largest absolute Gasteiger partial charge is 0.362 e. The molecule has 0 saturated heterocycles. The second-order valence-corrected chi connectivity index (χ2v) is 7.76. The number of benzene rings is 1. The summed E-state index contributed by atoms with van der Waals surface area (Å²) in [5, 5.41) is 11.5. The molecule has 3 heterocycles. The molecule has 2 aromatic heterocycles. The highest BCUT2D eigenvalue weighted by atomic mass is 35.5. The number of hydrogen-bond donors (Lipinski definition) is 2. The van der Waals surface area contributed by atoms with Gasteiger partial charge in [0.1, 0.15) is 13.2 Å². The molecule has 0 spiro atoms. The fourth-order valence-corrected chi connectivity index (χ4v) is 4.24. The predicted octanol–water partition coefficient (Wildman–Crippen LogP) is 2.83. The average molecular weight is 450 g/mol. The summed E-state index contributed by atoms with van der Waals surface area (Å²) in [4.78, 5) is 25.9. The number of nitrogens with one attached hydrogen (secondary N) is 2. The van der Waals surface area contributed by atoms with Crippen molar-refractivity contribution in [3.63, 3.8) is 0 Å². The van der Waals surface area contributed by atoms with Crippen molar-refractivity contribution in [1.29, 1.82) is 0 Å². The van der Waals surface area contributed by atoms with Crippen LogP contribution in [0.1, 0.15) is 12.6 Å². The first-order chi connectivity index (χ1) is 14.5. The van der Waals surface area contributed by atoms with Gasteiger partial charge in [-0.25, -0.2) is 0 Å². The van der Waals surface area contributed by atoms with Gasteiger partial charge in [0.05, 0.1) is 28.3 Å². The molecule has 0 saturated carbocycles. The highest BCUT2D eigenvalue weighted by molar-refractivity contribution is 6.45. The number of likely N-dealkylation sites (N-methyl/N-ethyl adjacent to an activating group) is 1. The first kappa shape index (κ1) is 20.7. The Morgan fingerprint density at radius 2 is 2.10 bits per heavy atom. The molecular weight excluding hydrogens is 429 g/mol. The summed E-state index contributed by atoms with van der Waals surface area (Å²) < 4.78 is 7.40.